The fourth-order valence-corrected chi connectivity index (χ4v) is 3.41. The minimum absolute atomic E-state index is 0.0158. The Balaban J connectivity index is 2.00. The van der Waals surface area contributed by atoms with Crippen molar-refractivity contribution in [2.75, 3.05) is 11.9 Å². The van der Waals surface area contributed by atoms with Crippen molar-refractivity contribution in [1.29, 1.82) is 0 Å². The summed E-state index contributed by atoms with van der Waals surface area (Å²) in [5.41, 5.74) is 0.579. The predicted octanol–water partition coefficient (Wildman–Crippen LogP) is 4.25. The number of hydrogen-bond acceptors (Lipinski definition) is 3. The van der Waals surface area contributed by atoms with Crippen LogP contribution in [0.1, 0.15) is 27.7 Å². The number of anilines is 1. The van der Waals surface area contributed by atoms with E-state index in [1.165, 1.54) is 0 Å². The summed E-state index contributed by atoms with van der Waals surface area (Å²) in [7, 11) is 0. The number of amides is 1. The van der Waals surface area contributed by atoms with Crippen molar-refractivity contribution in [3.8, 4) is 5.75 Å². The van der Waals surface area contributed by atoms with Crippen molar-refractivity contribution in [2.24, 2.45) is 0 Å². The van der Waals surface area contributed by atoms with E-state index in [0.717, 1.165) is 0 Å². The molecule has 0 unspecified atom stereocenters. The molecule has 0 bridgehead atoms. The molecule has 1 N–H and O–H groups in total. The van der Waals surface area contributed by atoms with E-state index in [1.54, 1.807) is 39.7 Å². The number of nitrogens with one attached hydrogen (secondary N) is 1. The van der Waals surface area contributed by atoms with E-state index in [-0.39, 0.29) is 18.0 Å². The summed E-state index contributed by atoms with van der Waals surface area (Å²) in [5.74, 6) is 0.354. The molecule has 28 heavy (non-hydrogen) atoms. The fraction of sp³-hybridized carbons (Fsp3) is 0.333. The molecule has 1 amide bonds. The van der Waals surface area contributed by atoms with Gasteiger partial charge in [-0.3, -0.25) is 14.3 Å². The van der Waals surface area contributed by atoms with E-state index >= 15 is 0 Å². The van der Waals surface area contributed by atoms with E-state index in [0.29, 0.717) is 34.0 Å². The summed E-state index contributed by atoms with van der Waals surface area (Å²) >= 11 is 6.08. The van der Waals surface area contributed by atoms with Gasteiger partial charge in [-0.25, -0.2) is 4.68 Å². The van der Waals surface area contributed by atoms with Gasteiger partial charge in [0.1, 0.15) is 12.3 Å². The first-order valence-electron chi connectivity index (χ1n) is 9.15. The molecule has 0 aliphatic heterocycles. The van der Waals surface area contributed by atoms with E-state index in [1.807, 2.05) is 39.8 Å². The number of hydrogen-bond donors (Lipinski definition) is 1. The second-order valence-electron chi connectivity index (χ2n) is 7.48. The molecule has 1 aromatic heterocycles. The van der Waals surface area contributed by atoms with Gasteiger partial charge >= 0.3 is 0 Å². The Morgan fingerprint density at radius 2 is 1.89 bits per heavy atom. The molecule has 7 heteroatoms. The zero-order valence-electron chi connectivity index (χ0n) is 16.5. The number of fused-ring (bicyclic) bond motifs is 1. The van der Waals surface area contributed by atoms with E-state index in [2.05, 4.69) is 5.32 Å². The molecule has 0 atom stereocenters. The maximum atomic E-state index is 13.0. The largest absolute Gasteiger partial charge is 0.492 e. The average Bonchev–Trinajstić information content (AvgIpc) is 2.88. The van der Waals surface area contributed by atoms with Crippen LogP contribution in [0.5, 0.6) is 5.75 Å². The van der Waals surface area contributed by atoms with Crippen LogP contribution in [0.15, 0.2) is 47.3 Å². The highest BCUT2D eigenvalue weighted by atomic mass is 35.5. The van der Waals surface area contributed by atoms with E-state index in [9.17, 15) is 9.59 Å². The first kappa shape index (κ1) is 20.0. The predicted molar refractivity (Wildman–Crippen MR) is 112 cm³/mol. The Bertz CT molecular complexity index is 1080. The molecule has 0 radical (unpaired) electrons. The van der Waals surface area contributed by atoms with Crippen LogP contribution in [-0.4, -0.2) is 21.9 Å². The third kappa shape index (κ3) is 3.92. The summed E-state index contributed by atoms with van der Waals surface area (Å²) in [5, 5.41) is 3.86. The quantitative estimate of drug-likeness (QED) is 0.695. The minimum Gasteiger partial charge on any atom is -0.492 e. The van der Waals surface area contributed by atoms with Crippen LogP contribution < -0.4 is 15.6 Å². The van der Waals surface area contributed by atoms with Crippen LogP contribution in [0, 0.1) is 0 Å². The third-order valence-corrected chi connectivity index (χ3v) is 4.53. The number of ether oxygens (including phenoxy) is 1. The zero-order chi connectivity index (χ0) is 20.5. The first-order valence-corrected chi connectivity index (χ1v) is 9.53. The lowest BCUT2D eigenvalue weighted by molar-refractivity contribution is -0.117. The SMILES string of the molecule is CCOc1ccccc1NC(=O)Cn1c2ccc(Cl)cc2c(=O)n1C(C)(C)C. The van der Waals surface area contributed by atoms with Gasteiger partial charge in [-0.15, -0.1) is 0 Å². The zero-order valence-corrected chi connectivity index (χ0v) is 17.2. The molecule has 0 spiro atoms. The van der Waals surface area contributed by atoms with E-state index < -0.39 is 5.54 Å². The van der Waals surface area contributed by atoms with Gasteiger partial charge in [-0.1, -0.05) is 23.7 Å². The van der Waals surface area contributed by atoms with Crippen molar-refractivity contribution in [2.45, 2.75) is 39.8 Å². The topological polar surface area (TPSA) is 65.3 Å². The number of para-hydroxylation sites is 2. The molecule has 0 fully saturated rings. The molecule has 3 rings (SSSR count). The normalized spacial score (nSPS) is 11.6. The maximum Gasteiger partial charge on any atom is 0.275 e. The van der Waals surface area contributed by atoms with Crippen LogP contribution in [0.25, 0.3) is 10.9 Å². The molecular weight excluding hydrogens is 378 g/mol. The molecule has 0 aliphatic rings. The summed E-state index contributed by atoms with van der Waals surface area (Å²) in [6, 6.07) is 12.4. The number of aromatic nitrogens is 2. The van der Waals surface area contributed by atoms with Crippen molar-refractivity contribution in [3.63, 3.8) is 0 Å². The molecule has 148 valence electrons. The summed E-state index contributed by atoms with van der Waals surface area (Å²) in [6.07, 6.45) is 0. The lowest BCUT2D eigenvalue weighted by Gasteiger charge is -2.24. The molecule has 1 heterocycles. The van der Waals surface area contributed by atoms with Crippen LogP contribution in [-0.2, 0) is 16.9 Å². The average molecular weight is 402 g/mol. The lowest BCUT2D eigenvalue weighted by atomic mass is 10.1. The van der Waals surface area contributed by atoms with Crippen LogP contribution in [0.2, 0.25) is 5.02 Å². The second kappa shape index (κ2) is 7.72. The lowest BCUT2D eigenvalue weighted by Crippen LogP contribution is -2.38. The molecule has 6 nitrogen and oxygen atoms in total. The standard InChI is InChI=1S/C21H24ClN3O3/c1-5-28-18-9-7-6-8-16(18)23-19(26)13-24-17-11-10-14(22)12-15(17)20(27)25(24)21(2,3)4/h6-12H,5,13H2,1-4H3,(H,23,26). The molecule has 3 aromatic rings. The fourth-order valence-electron chi connectivity index (χ4n) is 3.24. The van der Waals surface area contributed by atoms with Gasteiger partial charge in [0.15, 0.2) is 0 Å². The van der Waals surface area contributed by atoms with Gasteiger partial charge in [0.2, 0.25) is 5.91 Å². The van der Waals surface area contributed by atoms with E-state index in [4.69, 9.17) is 16.3 Å². The van der Waals surface area contributed by atoms with Gasteiger partial charge in [-0.05, 0) is 58.0 Å². The Kier molecular flexibility index (Phi) is 5.52. The summed E-state index contributed by atoms with van der Waals surface area (Å²) in [6.45, 7) is 8.14. The molecule has 0 saturated heterocycles. The highest BCUT2D eigenvalue weighted by Crippen LogP contribution is 2.25. The molecule has 0 aliphatic carbocycles. The first-order chi connectivity index (χ1) is 13.2. The van der Waals surface area contributed by atoms with Gasteiger partial charge < -0.3 is 10.1 Å². The summed E-state index contributed by atoms with van der Waals surface area (Å²) in [4.78, 5) is 25.8. The van der Waals surface area contributed by atoms with Crippen molar-refractivity contribution in [1.82, 2.24) is 9.36 Å². The van der Waals surface area contributed by atoms with Crippen LogP contribution in [0.3, 0.4) is 0 Å². The Labute approximate surface area is 168 Å². The highest BCUT2D eigenvalue weighted by molar-refractivity contribution is 6.31. The number of rotatable bonds is 5. The highest BCUT2D eigenvalue weighted by Gasteiger charge is 2.24. The number of halogens is 1. The minimum atomic E-state index is -0.508. The van der Waals surface area contributed by atoms with Gasteiger partial charge in [-0.2, -0.15) is 0 Å². The van der Waals surface area contributed by atoms with Gasteiger partial charge in [0, 0.05) is 5.02 Å². The Morgan fingerprint density at radius 1 is 1.18 bits per heavy atom. The maximum absolute atomic E-state index is 13.0. The second-order valence-corrected chi connectivity index (χ2v) is 7.92. The van der Waals surface area contributed by atoms with Gasteiger partial charge in [0.25, 0.3) is 5.56 Å². The number of carbonyl (C=O) groups excluding carboxylic acids is 1. The van der Waals surface area contributed by atoms with Crippen LogP contribution >= 0.6 is 11.6 Å². The molecular formula is C21H24ClN3O3. The number of nitrogens with zero attached hydrogens (tertiary/aromatic N) is 2. The number of carbonyl (C=O) groups is 1. The Morgan fingerprint density at radius 3 is 2.57 bits per heavy atom. The van der Waals surface area contributed by atoms with Crippen molar-refractivity contribution >= 4 is 34.1 Å². The third-order valence-electron chi connectivity index (χ3n) is 4.29. The molecule has 2 aromatic carbocycles. The molecule has 0 saturated carbocycles. The monoisotopic (exact) mass is 401 g/mol. The van der Waals surface area contributed by atoms with Crippen molar-refractivity contribution in [3.05, 3.63) is 57.8 Å². The van der Waals surface area contributed by atoms with Crippen LogP contribution in [0.4, 0.5) is 5.69 Å². The van der Waals surface area contributed by atoms with Crippen molar-refractivity contribution < 1.29 is 9.53 Å². The number of benzene rings is 2. The smallest absolute Gasteiger partial charge is 0.275 e. The van der Waals surface area contributed by atoms with Gasteiger partial charge in [0.05, 0.1) is 28.7 Å². The summed E-state index contributed by atoms with van der Waals surface area (Å²) < 4.78 is 8.86. The Hall–Kier alpha value is -2.73.